The summed E-state index contributed by atoms with van der Waals surface area (Å²) >= 11 is 0. The number of anilines is 2. The van der Waals surface area contributed by atoms with Gasteiger partial charge in [0.15, 0.2) is 0 Å². The highest BCUT2D eigenvalue weighted by molar-refractivity contribution is 5.97. The second kappa shape index (κ2) is 10.9. The maximum atomic E-state index is 13.7. The molecule has 2 aliphatic carbocycles. The molecule has 2 aliphatic rings. The first-order valence-corrected chi connectivity index (χ1v) is 15.3. The highest BCUT2D eigenvalue weighted by Crippen LogP contribution is 2.57. The van der Waals surface area contributed by atoms with E-state index < -0.39 is 0 Å². The van der Waals surface area contributed by atoms with Crippen molar-refractivity contribution in [2.24, 2.45) is 5.41 Å². The molecule has 2 saturated carbocycles. The molecule has 1 amide bonds. The van der Waals surface area contributed by atoms with Crippen LogP contribution < -0.4 is 15.5 Å². The van der Waals surface area contributed by atoms with Gasteiger partial charge in [0, 0.05) is 42.9 Å². The van der Waals surface area contributed by atoms with E-state index in [0.717, 1.165) is 77.0 Å². The number of rotatable bonds is 7. The van der Waals surface area contributed by atoms with Crippen molar-refractivity contribution < 1.29 is 4.79 Å². The summed E-state index contributed by atoms with van der Waals surface area (Å²) < 4.78 is 2.19. The second-order valence-electron chi connectivity index (χ2n) is 12.4. The molecule has 3 aromatic carbocycles. The molecule has 2 fully saturated rings. The van der Waals surface area contributed by atoms with Crippen LogP contribution in [0.15, 0.2) is 91.0 Å². The SMILES string of the molecule is Cc1c(C(=O)NC2CCC3(CC2)CC3Nc2nc(N(C)C)c3ccccc3n2)cc(-c2ccccc2)n1-c1ccccc1. The maximum absolute atomic E-state index is 13.7. The number of para-hydroxylation sites is 2. The van der Waals surface area contributed by atoms with E-state index in [1.807, 2.05) is 86.6 Å². The zero-order valence-corrected chi connectivity index (χ0v) is 25.0. The minimum absolute atomic E-state index is 0.0107. The van der Waals surface area contributed by atoms with E-state index in [-0.39, 0.29) is 17.4 Å². The number of fused-ring (bicyclic) bond motifs is 1. The van der Waals surface area contributed by atoms with Crippen LogP contribution >= 0.6 is 0 Å². The first kappa shape index (κ1) is 27.2. The van der Waals surface area contributed by atoms with E-state index in [4.69, 9.17) is 9.97 Å². The number of aromatic nitrogens is 3. The van der Waals surface area contributed by atoms with Crippen LogP contribution in [0.4, 0.5) is 11.8 Å². The van der Waals surface area contributed by atoms with Crippen LogP contribution in [-0.2, 0) is 0 Å². The van der Waals surface area contributed by atoms with Gasteiger partial charge in [0.25, 0.3) is 5.91 Å². The van der Waals surface area contributed by atoms with Gasteiger partial charge in [0.05, 0.1) is 16.8 Å². The van der Waals surface area contributed by atoms with Crippen LogP contribution in [0.2, 0.25) is 0 Å². The molecule has 0 aliphatic heterocycles. The molecule has 2 N–H and O–H groups in total. The molecular weight excluding hydrogens is 532 g/mol. The molecule has 1 unspecified atom stereocenters. The number of carbonyl (C=O) groups excluding carboxylic acids is 1. The minimum atomic E-state index is 0.0107. The third kappa shape index (κ3) is 5.13. The molecule has 7 rings (SSSR count). The molecular formula is C36H38N6O. The summed E-state index contributed by atoms with van der Waals surface area (Å²) in [5, 5.41) is 8.10. The molecule has 218 valence electrons. The van der Waals surface area contributed by atoms with E-state index >= 15 is 0 Å². The average molecular weight is 571 g/mol. The van der Waals surface area contributed by atoms with Gasteiger partial charge in [-0.05, 0) is 80.3 Å². The lowest BCUT2D eigenvalue weighted by molar-refractivity contribution is 0.0918. The summed E-state index contributed by atoms with van der Waals surface area (Å²) in [6.45, 7) is 2.04. The van der Waals surface area contributed by atoms with Gasteiger partial charge >= 0.3 is 0 Å². The zero-order chi connectivity index (χ0) is 29.6. The molecule has 43 heavy (non-hydrogen) atoms. The largest absolute Gasteiger partial charge is 0.362 e. The fraction of sp³-hybridized carbons (Fsp3) is 0.306. The zero-order valence-electron chi connectivity index (χ0n) is 25.0. The summed E-state index contributed by atoms with van der Waals surface area (Å²) in [6, 6.07) is 31.3. The van der Waals surface area contributed by atoms with Crippen molar-refractivity contribution in [3.63, 3.8) is 0 Å². The summed E-state index contributed by atoms with van der Waals surface area (Å²) in [5.74, 6) is 1.64. The fourth-order valence-electron chi connectivity index (χ4n) is 6.89. The minimum Gasteiger partial charge on any atom is -0.362 e. The van der Waals surface area contributed by atoms with E-state index in [1.54, 1.807) is 0 Å². The topological polar surface area (TPSA) is 75.1 Å². The molecule has 0 saturated heterocycles. The Balaban J connectivity index is 1.03. The number of benzene rings is 3. The third-order valence-corrected chi connectivity index (χ3v) is 9.39. The third-order valence-electron chi connectivity index (χ3n) is 9.39. The van der Waals surface area contributed by atoms with Crippen molar-refractivity contribution in [1.29, 1.82) is 0 Å². The Morgan fingerprint density at radius 3 is 2.30 bits per heavy atom. The summed E-state index contributed by atoms with van der Waals surface area (Å²) in [7, 11) is 4.04. The Labute approximate surface area is 253 Å². The van der Waals surface area contributed by atoms with Gasteiger partial charge in [-0.25, -0.2) is 4.98 Å². The van der Waals surface area contributed by atoms with Crippen molar-refractivity contribution in [3.8, 4) is 16.9 Å². The average Bonchev–Trinajstić information content (AvgIpc) is 3.56. The van der Waals surface area contributed by atoms with Gasteiger partial charge in [-0.1, -0.05) is 60.7 Å². The smallest absolute Gasteiger partial charge is 0.253 e. The highest BCUT2D eigenvalue weighted by Gasteiger charge is 2.55. The quantitative estimate of drug-likeness (QED) is 0.220. The Kier molecular flexibility index (Phi) is 6.88. The number of carbonyl (C=O) groups is 1. The van der Waals surface area contributed by atoms with Crippen LogP contribution in [-0.4, -0.2) is 46.6 Å². The van der Waals surface area contributed by atoms with Crippen LogP contribution in [0.3, 0.4) is 0 Å². The lowest BCUT2D eigenvalue weighted by atomic mass is 9.82. The number of nitrogens with one attached hydrogen (secondary N) is 2. The molecule has 0 radical (unpaired) electrons. The summed E-state index contributed by atoms with van der Waals surface area (Å²) in [4.78, 5) is 25.4. The number of nitrogens with zero attached hydrogens (tertiary/aromatic N) is 4. The van der Waals surface area contributed by atoms with Crippen molar-refractivity contribution in [3.05, 3.63) is 102 Å². The van der Waals surface area contributed by atoms with Gasteiger partial charge in [-0.2, -0.15) is 4.98 Å². The van der Waals surface area contributed by atoms with Gasteiger partial charge in [0.1, 0.15) is 5.82 Å². The van der Waals surface area contributed by atoms with Crippen LogP contribution in [0.25, 0.3) is 27.8 Å². The summed E-state index contributed by atoms with van der Waals surface area (Å²) in [5.41, 5.74) is 6.08. The Morgan fingerprint density at radius 2 is 1.58 bits per heavy atom. The van der Waals surface area contributed by atoms with E-state index in [2.05, 4.69) is 45.5 Å². The van der Waals surface area contributed by atoms with Crippen molar-refractivity contribution in [2.45, 2.75) is 51.1 Å². The second-order valence-corrected chi connectivity index (χ2v) is 12.4. The Morgan fingerprint density at radius 1 is 0.907 bits per heavy atom. The predicted octanol–water partition coefficient (Wildman–Crippen LogP) is 7.01. The molecule has 0 bridgehead atoms. The maximum Gasteiger partial charge on any atom is 0.253 e. The lowest BCUT2D eigenvalue weighted by Gasteiger charge is -2.30. The monoisotopic (exact) mass is 570 g/mol. The van der Waals surface area contributed by atoms with E-state index in [1.165, 1.54) is 0 Å². The molecule has 5 aromatic rings. The van der Waals surface area contributed by atoms with Gasteiger partial charge in [-0.3, -0.25) is 4.79 Å². The lowest BCUT2D eigenvalue weighted by Crippen LogP contribution is -2.39. The normalized spacial score (nSPS) is 21.1. The summed E-state index contributed by atoms with van der Waals surface area (Å²) in [6.07, 6.45) is 5.26. The van der Waals surface area contributed by atoms with Gasteiger partial charge in [0.2, 0.25) is 5.95 Å². The molecule has 7 nitrogen and oxygen atoms in total. The molecule has 2 aromatic heterocycles. The number of amides is 1. The van der Waals surface area contributed by atoms with Crippen molar-refractivity contribution >= 4 is 28.6 Å². The Bertz CT molecular complexity index is 1770. The van der Waals surface area contributed by atoms with Crippen molar-refractivity contribution in [2.75, 3.05) is 24.3 Å². The van der Waals surface area contributed by atoms with Gasteiger partial charge < -0.3 is 20.1 Å². The first-order chi connectivity index (χ1) is 20.9. The van der Waals surface area contributed by atoms with Gasteiger partial charge in [-0.15, -0.1) is 0 Å². The predicted molar refractivity (Wildman–Crippen MR) is 174 cm³/mol. The molecule has 1 atom stereocenters. The Hall–Kier alpha value is -4.65. The first-order valence-electron chi connectivity index (χ1n) is 15.3. The molecule has 2 heterocycles. The molecule has 1 spiro atoms. The number of hydrogen-bond acceptors (Lipinski definition) is 5. The van der Waals surface area contributed by atoms with Crippen LogP contribution in [0.1, 0.15) is 48.2 Å². The standard InChI is InChI=1S/C36H38N6O/c1-24-29(22-31(25-12-6-4-7-13-25)42(24)27-14-8-5-9-15-27)34(43)37-26-18-20-36(21-19-26)23-32(36)39-35-38-30-17-11-10-16-28(30)33(40-35)41(2)3/h4-17,22,26,32H,18-21,23H2,1-3H3,(H,37,43)(H,38,39,40). The fourth-order valence-corrected chi connectivity index (χ4v) is 6.89. The van der Waals surface area contributed by atoms with Crippen LogP contribution in [0.5, 0.6) is 0 Å². The highest BCUT2D eigenvalue weighted by atomic mass is 16.1. The van der Waals surface area contributed by atoms with E-state index in [9.17, 15) is 4.79 Å². The van der Waals surface area contributed by atoms with E-state index in [0.29, 0.717) is 12.0 Å². The van der Waals surface area contributed by atoms with Crippen LogP contribution in [0, 0.1) is 12.3 Å². The molecule has 7 heteroatoms. The van der Waals surface area contributed by atoms with Crippen molar-refractivity contribution in [1.82, 2.24) is 19.9 Å². The number of hydrogen-bond donors (Lipinski definition) is 2.